The average molecular weight is 276 g/mol. The van der Waals surface area contributed by atoms with Gasteiger partial charge in [-0.15, -0.1) is 0 Å². The highest BCUT2D eigenvalue weighted by atomic mass is 19.1. The molecule has 1 heterocycles. The van der Waals surface area contributed by atoms with E-state index in [4.69, 9.17) is 4.74 Å². The van der Waals surface area contributed by atoms with Crippen LogP contribution in [0.25, 0.3) is 0 Å². The standard InChI is InChI=1S/C15H17FN2O2/c1-4-18-12(7-10(2)17-18)9-20-13-5-6-14(11(3)19)15(16)8-13/h5-8H,4,9H2,1-3H3. The van der Waals surface area contributed by atoms with Crippen molar-refractivity contribution < 1.29 is 13.9 Å². The van der Waals surface area contributed by atoms with E-state index in [2.05, 4.69) is 5.10 Å². The molecule has 0 aliphatic rings. The Morgan fingerprint density at radius 1 is 1.40 bits per heavy atom. The normalized spacial score (nSPS) is 10.6. The number of Topliss-reactive ketones (excluding diaryl/α,β-unsaturated/α-hetero) is 1. The van der Waals surface area contributed by atoms with E-state index in [1.807, 2.05) is 24.6 Å². The van der Waals surface area contributed by atoms with Crippen LogP contribution in [0.3, 0.4) is 0 Å². The summed E-state index contributed by atoms with van der Waals surface area (Å²) in [5.74, 6) is -0.460. The van der Waals surface area contributed by atoms with E-state index in [1.165, 1.54) is 19.1 Å². The Morgan fingerprint density at radius 3 is 2.75 bits per heavy atom. The molecule has 0 fully saturated rings. The van der Waals surface area contributed by atoms with Crippen molar-refractivity contribution in [2.45, 2.75) is 33.9 Å². The number of hydrogen-bond donors (Lipinski definition) is 0. The van der Waals surface area contributed by atoms with Gasteiger partial charge in [0.15, 0.2) is 5.78 Å². The van der Waals surface area contributed by atoms with Crippen LogP contribution in [0.2, 0.25) is 0 Å². The minimum absolute atomic E-state index is 0.0757. The predicted molar refractivity (Wildman–Crippen MR) is 73.4 cm³/mol. The first-order valence-corrected chi connectivity index (χ1v) is 6.48. The van der Waals surface area contributed by atoms with Gasteiger partial charge in [-0.25, -0.2) is 4.39 Å². The number of ether oxygens (including phenoxy) is 1. The fourth-order valence-electron chi connectivity index (χ4n) is 2.02. The molecular formula is C15H17FN2O2. The van der Waals surface area contributed by atoms with Crippen molar-refractivity contribution in [2.24, 2.45) is 0 Å². The number of carbonyl (C=O) groups excluding carboxylic acids is 1. The fourth-order valence-corrected chi connectivity index (χ4v) is 2.02. The lowest BCUT2D eigenvalue weighted by molar-refractivity contribution is 0.101. The summed E-state index contributed by atoms with van der Waals surface area (Å²) in [6.45, 7) is 6.31. The third-order valence-corrected chi connectivity index (χ3v) is 2.99. The number of rotatable bonds is 5. The second-order valence-electron chi connectivity index (χ2n) is 4.58. The zero-order valence-corrected chi connectivity index (χ0v) is 11.8. The molecular weight excluding hydrogens is 259 g/mol. The van der Waals surface area contributed by atoms with E-state index >= 15 is 0 Å². The molecule has 2 rings (SSSR count). The van der Waals surface area contributed by atoms with Crippen molar-refractivity contribution in [2.75, 3.05) is 0 Å². The summed E-state index contributed by atoms with van der Waals surface area (Å²) in [5.41, 5.74) is 1.93. The summed E-state index contributed by atoms with van der Waals surface area (Å²) in [4.78, 5) is 11.2. The Balaban J connectivity index is 2.11. The molecule has 0 unspecified atom stereocenters. The van der Waals surface area contributed by atoms with E-state index in [0.29, 0.717) is 12.4 Å². The molecule has 0 saturated carbocycles. The molecule has 5 heteroatoms. The number of nitrogens with zero attached hydrogens (tertiary/aromatic N) is 2. The lowest BCUT2D eigenvalue weighted by Gasteiger charge is -2.08. The lowest BCUT2D eigenvalue weighted by Crippen LogP contribution is -2.06. The molecule has 1 aromatic carbocycles. The van der Waals surface area contributed by atoms with Crippen molar-refractivity contribution >= 4 is 5.78 Å². The zero-order valence-electron chi connectivity index (χ0n) is 11.8. The van der Waals surface area contributed by atoms with Gasteiger partial charge in [0.1, 0.15) is 18.2 Å². The van der Waals surface area contributed by atoms with Crippen LogP contribution in [0.1, 0.15) is 35.6 Å². The monoisotopic (exact) mass is 276 g/mol. The van der Waals surface area contributed by atoms with Crippen molar-refractivity contribution in [3.63, 3.8) is 0 Å². The Labute approximate surface area is 117 Å². The number of aryl methyl sites for hydroxylation is 2. The molecule has 0 N–H and O–H groups in total. The summed E-state index contributed by atoms with van der Waals surface area (Å²) in [6.07, 6.45) is 0. The first-order chi connectivity index (χ1) is 9.51. The molecule has 0 saturated heterocycles. The van der Waals surface area contributed by atoms with Crippen molar-refractivity contribution in [1.82, 2.24) is 9.78 Å². The van der Waals surface area contributed by atoms with E-state index in [1.54, 1.807) is 6.07 Å². The van der Waals surface area contributed by atoms with Crippen molar-refractivity contribution in [3.05, 3.63) is 47.0 Å². The van der Waals surface area contributed by atoms with Crippen molar-refractivity contribution in [3.8, 4) is 5.75 Å². The van der Waals surface area contributed by atoms with E-state index < -0.39 is 5.82 Å². The molecule has 4 nitrogen and oxygen atoms in total. The molecule has 0 aliphatic carbocycles. The van der Waals surface area contributed by atoms with E-state index in [0.717, 1.165) is 17.9 Å². The molecule has 0 aliphatic heterocycles. The molecule has 20 heavy (non-hydrogen) atoms. The van der Waals surface area contributed by atoms with Crippen LogP contribution in [-0.2, 0) is 13.2 Å². The molecule has 0 bridgehead atoms. The van der Waals surface area contributed by atoms with Crippen molar-refractivity contribution in [1.29, 1.82) is 0 Å². The quantitative estimate of drug-likeness (QED) is 0.788. The number of ketones is 1. The summed E-state index contributed by atoms with van der Waals surface area (Å²) >= 11 is 0. The summed E-state index contributed by atoms with van der Waals surface area (Å²) in [5, 5.41) is 4.31. The van der Waals surface area contributed by atoms with Crippen LogP contribution >= 0.6 is 0 Å². The van der Waals surface area contributed by atoms with Gasteiger partial charge in [-0.2, -0.15) is 5.10 Å². The van der Waals surface area contributed by atoms with Gasteiger partial charge in [-0.05, 0) is 39.0 Å². The third-order valence-electron chi connectivity index (χ3n) is 2.99. The second kappa shape index (κ2) is 5.86. The van der Waals surface area contributed by atoms with Gasteiger partial charge in [0, 0.05) is 12.6 Å². The average Bonchev–Trinajstić information content (AvgIpc) is 2.76. The SMILES string of the molecule is CCn1nc(C)cc1COc1ccc(C(C)=O)c(F)c1. The third kappa shape index (κ3) is 3.04. The second-order valence-corrected chi connectivity index (χ2v) is 4.58. The maximum absolute atomic E-state index is 13.7. The van der Waals surface area contributed by atoms with Crippen LogP contribution in [0.5, 0.6) is 5.75 Å². The largest absolute Gasteiger partial charge is 0.487 e. The minimum Gasteiger partial charge on any atom is -0.487 e. The summed E-state index contributed by atoms with van der Waals surface area (Å²) in [6, 6.07) is 6.20. The topological polar surface area (TPSA) is 44.1 Å². The highest BCUT2D eigenvalue weighted by Gasteiger charge is 2.09. The van der Waals surface area contributed by atoms with Crippen LogP contribution in [0, 0.1) is 12.7 Å². The van der Waals surface area contributed by atoms with Gasteiger partial charge in [-0.3, -0.25) is 9.48 Å². The van der Waals surface area contributed by atoms with Gasteiger partial charge < -0.3 is 4.74 Å². The Hall–Kier alpha value is -2.17. The smallest absolute Gasteiger partial charge is 0.162 e. The molecule has 1 aromatic heterocycles. The number of aromatic nitrogens is 2. The highest BCUT2D eigenvalue weighted by Crippen LogP contribution is 2.18. The minimum atomic E-state index is -0.560. The van der Waals surface area contributed by atoms with E-state index in [9.17, 15) is 9.18 Å². The molecule has 106 valence electrons. The Bertz CT molecular complexity index is 635. The number of benzene rings is 1. The van der Waals surface area contributed by atoms with Gasteiger partial charge in [-0.1, -0.05) is 0 Å². The molecule has 2 aromatic rings. The summed E-state index contributed by atoms with van der Waals surface area (Å²) < 4.78 is 21.1. The lowest BCUT2D eigenvalue weighted by atomic mass is 10.1. The van der Waals surface area contributed by atoms with Crippen LogP contribution < -0.4 is 4.74 Å². The molecule has 0 amide bonds. The van der Waals surface area contributed by atoms with Gasteiger partial charge in [0.05, 0.1) is 17.0 Å². The van der Waals surface area contributed by atoms with Gasteiger partial charge >= 0.3 is 0 Å². The van der Waals surface area contributed by atoms with Crippen LogP contribution in [0.15, 0.2) is 24.3 Å². The van der Waals surface area contributed by atoms with E-state index in [-0.39, 0.29) is 11.3 Å². The molecule has 0 spiro atoms. The predicted octanol–water partition coefficient (Wildman–Crippen LogP) is 3.13. The fraction of sp³-hybridized carbons (Fsp3) is 0.333. The zero-order chi connectivity index (χ0) is 14.7. The maximum Gasteiger partial charge on any atom is 0.162 e. The first kappa shape index (κ1) is 14.2. The van der Waals surface area contributed by atoms with Crippen LogP contribution in [0.4, 0.5) is 4.39 Å². The van der Waals surface area contributed by atoms with Crippen LogP contribution in [-0.4, -0.2) is 15.6 Å². The first-order valence-electron chi connectivity index (χ1n) is 6.48. The summed E-state index contributed by atoms with van der Waals surface area (Å²) in [7, 11) is 0. The Morgan fingerprint density at radius 2 is 2.15 bits per heavy atom. The number of halogens is 1. The Kier molecular flexibility index (Phi) is 4.17. The van der Waals surface area contributed by atoms with Gasteiger partial charge in [0.2, 0.25) is 0 Å². The maximum atomic E-state index is 13.7. The van der Waals surface area contributed by atoms with Gasteiger partial charge in [0.25, 0.3) is 0 Å². The molecule has 0 atom stereocenters. The highest BCUT2D eigenvalue weighted by molar-refractivity contribution is 5.94. The molecule has 0 radical (unpaired) electrons. The number of hydrogen-bond acceptors (Lipinski definition) is 3. The number of carbonyl (C=O) groups is 1.